The smallest absolute Gasteiger partial charge is 0.369 e. The minimum absolute atomic E-state index is 0.0736. The van der Waals surface area contributed by atoms with Crippen LogP contribution in [-0.4, -0.2) is 19.1 Å². The van der Waals surface area contributed by atoms with E-state index >= 15 is 0 Å². The van der Waals surface area contributed by atoms with E-state index in [4.69, 9.17) is 17.3 Å². The second kappa shape index (κ2) is 4.97. The van der Waals surface area contributed by atoms with Crippen molar-refractivity contribution in [2.24, 2.45) is 5.73 Å². The molecule has 1 unspecified atom stereocenters. The molecule has 1 aromatic rings. The number of nitrogens with zero attached hydrogens (tertiary/aromatic N) is 1. The van der Waals surface area contributed by atoms with Crippen molar-refractivity contribution in [2.75, 3.05) is 18.0 Å². The van der Waals surface area contributed by atoms with Gasteiger partial charge >= 0.3 is 6.18 Å². The zero-order valence-corrected chi connectivity index (χ0v) is 10.4. The van der Waals surface area contributed by atoms with Gasteiger partial charge in [-0.15, -0.1) is 0 Å². The van der Waals surface area contributed by atoms with Gasteiger partial charge in [-0.1, -0.05) is 11.6 Å². The molecule has 0 aliphatic carbocycles. The second-order valence-electron chi connectivity index (χ2n) is 4.51. The van der Waals surface area contributed by atoms with Crippen LogP contribution >= 0.6 is 11.6 Å². The summed E-state index contributed by atoms with van der Waals surface area (Å²) in [6, 6.07) is 3.79. The number of anilines is 1. The predicted octanol–water partition coefficient (Wildman–Crippen LogP) is 3.29. The van der Waals surface area contributed by atoms with Gasteiger partial charge in [-0.25, -0.2) is 0 Å². The second-order valence-corrected chi connectivity index (χ2v) is 4.94. The van der Waals surface area contributed by atoms with Crippen molar-refractivity contribution in [2.45, 2.75) is 25.1 Å². The van der Waals surface area contributed by atoms with E-state index in [1.54, 1.807) is 4.90 Å². The molecule has 0 bridgehead atoms. The van der Waals surface area contributed by atoms with Gasteiger partial charge in [0, 0.05) is 29.8 Å². The van der Waals surface area contributed by atoms with Gasteiger partial charge in [-0.05, 0) is 31.0 Å². The molecular formula is C12H14ClF3N2. The van der Waals surface area contributed by atoms with Gasteiger partial charge in [-0.3, -0.25) is 0 Å². The first-order chi connectivity index (χ1) is 8.38. The summed E-state index contributed by atoms with van der Waals surface area (Å²) < 4.78 is 38.9. The predicted molar refractivity (Wildman–Crippen MR) is 65.9 cm³/mol. The Morgan fingerprint density at radius 2 is 2.06 bits per heavy atom. The van der Waals surface area contributed by atoms with Crippen LogP contribution in [0, 0.1) is 0 Å². The highest BCUT2D eigenvalue weighted by molar-refractivity contribution is 6.30. The van der Waals surface area contributed by atoms with Crippen LogP contribution in [-0.2, 0) is 6.18 Å². The van der Waals surface area contributed by atoms with Crippen molar-refractivity contribution >= 4 is 17.3 Å². The van der Waals surface area contributed by atoms with E-state index < -0.39 is 11.7 Å². The molecular weight excluding hydrogens is 265 g/mol. The molecule has 1 atom stereocenters. The monoisotopic (exact) mass is 278 g/mol. The van der Waals surface area contributed by atoms with Crippen LogP contribution < -0.4 is 10.6 Å². The molecule has 2 nitrogen and oxygen atoms in total. The fourth-order valence-corrected chi connectivity index (χ4v) is 2.41. The molecule has 0 saturated carbocycles. The summed E-state index contributed by atoms with van der Waals surface area (Å²) in [4.78, 5) is 1.69. The summed E-state index contributed by atoms with van der Waals surface area (Å²) in [7, 11) is 0. The fourth-order valence-electron chi connectivity index (χ4n) is 2.24. The Morgan fingerprint density at radius 3 is 2.67 bits per heavy atom. The maximum absolute atomic E-state index is 13.0. The Bertz CT molecular complexity index is 434. The summed E-state index contributed by atoms with van der Waals surface area (Å²) in [5.74, 6) is 0. The molecule has 2 rings (SSSR count). The Hall–Kier alpha value is -0.940. The largest absolute Gasteiger partial charge is 0.418 e. The average molecular weight is 279 g/mol. The molecule has 1 aliphatic heterocycles. The number of rotatable bonds is 1. The number of hydrogen-bond donors (Lipinski definition) is 1. The standard InChI is InChI=1S/C12H14ClF3N2/c13-8-3-4-11(10(6-8)12(14,15)16)18-5-1-2-9(17)7-18/h3-4,6,9H,1-2,5,7,17H2. The Labute approximate surface area is 109 Å². The van der Waals surface area contributed by atoms with Gasteiger partial charge in [-0.2, -0.15) is 13.2 Å². The number of nitrogens with two attached hydrogens (primary N) is 1. The van der Waals surface area contributed by atoms with Crippen LogP contribution in [0.25, 0.3) is 0 Å². The molecule has 0 spiro atoms. The highest BCUT2D eigenvalue weighted by Crippen LogP contribution is 2.38. The van der Waals surface area contributed by atoms with Gasteiger partial charge in [0.05, 0.1) is 5.56 Å². The summed E-state index contributed by atoms with van der Waals surface area (Å²) in [5.41, 5.74) is 5.28. The van der Waals surface area contributed by atoms with E-state index in [2.05, 4.69) is 0 Å². The molecule has 18 heavy (non-hydrogen) atoms. The van der Waals surface area contributed by atoms with Crippen LogP contribution in [0.4, 0.5) is 18.9 Å². The van der Waals surface area contributed by atoms with Gasteiger partial charge in [0.15, 0.2) is 0 Å². The molecule has 2 N–H and O–H groups in total. The van der Waals surface area contributed by atoms with Crippen molar-refractivity contribution in [3.8, 4) is 0 Å². The number of piperidine rings is 1. The topological polar surface area (TPSA) is 29.3 Å². The molecule has 6 heteroatoms. The highest BCUT2D eigenvalue weighted by atomic mass is 35.5. The molecule has 0 radical (unpaired) electrons. The average Bonchev–Trinajstić information content (AvgIpc) is 2.27. The minimum Gasteiger partial charge on any atom is -0.369 e. The van der Waals surface area contributed by atoms with Crippen molar-refractivity contribution in [3.63, 3.8) is 0 Å². The molecule has 0 amide bonds. The summed E-state index contributed by atoms with van der Waals surface area (Å²) >= 11 is 5.65. The number of benzene rings is 1. The fraction of sp³-hybridized carbons (Fsp3) is 0.500. The zero-order chi connectivity index (χ0) is 13.3. The lowest BCUT2D eigenvalue weighted by Crippen LogP contribution is -2.43. The lowest BCUT2D eigenvalue weighted by molar-refractivity contribution is -0.137. The van der Waals surface area contributed by atoms with Crippen molar-refractivity contribution in [1.82, 2.24) is 0 Å². The molecule has 1 fully saturated rings. The van der Waals surface area contributed by atoms with Crippen LogP contribution in [0.15, 0.2) is 18.2 Å². The Morgan fingerprint density at radius 1 is 1.33 bits per heavy atom. The van der Waals surface area contributed by atoms with E-state index in [1.165, 1.54) is 12.1 Å². The zero-order valence-electron chi connectivity index (χ0n) is 9.67. The van der Waals surface area contributed by atoms with Crippen LogP contribution in [0.3, 0.4) is 0 Å². The van der Waals surface area contributed by atoms with Crippen LogP contribution in [0.5, 0.6) is 0 Å². The Kier molecular flexibility index (Phi) is 3.73. The van der Waals surface area contributed by atoms with Crippen LogP contribution in [0.1, 0.15) is 18.4 Å². The minimum atomic E-state index is -4.40. The van der Waals surface area contributed by atoms with E-state index in [0.717, 1.165) is 18.9 Å². The molecule has 1 heterocycles. The maximum atomic E-state index is 13.0. The molecule has 0 aromatic heterocycles. The third-order valence-corrected chi connectivity index (χ3v) is 3.30. The van der Waals surface area contributed by atoms with Gasteiger partial charge in [0.1, 0.15) is 0 Å². The van der Waals surface area contributed by atoms with E-state index in [1.807, 2.05) is 0 Å². The third-order valence-electron chi connectivity index (χ3n) is 3.06. The molecule has 100 valence electrons. The lowest BCUT2D eigenvalue weighted by atomic mass is 10.0. The quantitative estimate of drug-likeness (QED) is 0.854. The maximum Gasteiger partial charge on any atom is 0.418 e. The summed E-state index contributed by atoms with van der Waals surface area (Å²) in [5, 5.41) is 0.0902. The number of alkyl halides is 3. The first-order valence-electron chi connectivity index (χ1n) is 5.75. The van der Waals surface area contributed by atoms with Crippen molar-refractivity contribution in [1.29, 1.82) is 0 Å². The summed E-state index contributed by atoms with van der Waals surface area (Å²) in [6.45, 7) is 1.04. The van der Waals surface area contributed by atoms with Crippen molar-refractivity contribution in [3.05, 3.63) is 28.8 Å². The number of hydrogen-bond acceptors (Lipinski definition) is 2. The molecule has 1 aliphatic rings. The molecule has 1 saturated heterocycles. The van der Waals surface area contributed by atoms with E-state index in [-0.39, 0.29) is 16.8 Å². The van der Waals surface area contributed by atoms with Gasteiger partial charge < -0.3 is 10.6 Å². The first kappa shape index (κ1) is 13.5. The summed E-state index contributed by atoms with van der Waals surface area (Å²) in [6.07, 6.45) is -2.74. The highest BCUT2D eigenvalue weighted by Gasteiger charge is 2.35. The van der Waals surface area contributed by atoms with Gasteiger partial charge in [0.25, 0.3) is 0 Å². The SMILES string of the molecule is NC1CCCN(c2ccc(Cl)cc2C(F)(F)F)C1. The van der Waals surface area contributed by atoms with E-state index in [9.17, 15) is 13.2 Å². The Balaban J connectivity index is 2.37. The normalized spacial score (nSPS) is 21.2. The lowest BCUT2D eigenvalue weighted by Gasteiger charge is -2.34. The first-order valence-corrected chi connectivity index (χ1v) is 6.13. The van der Waals surface area contributed by atoms with Crippen molar-refractivity contribution < 1.29 is 13.2 Å². The molecule has 1 aromatic carbocycles. The van der Waals surface area contributed by atoms with Crippen LogP contribution in [0.2, 0.25) is 5.02 Å². The van der Waals surface area contributed by atoms with Gasteiger partial charge in [0.2, 0.25) is 0 Å². The number of halogens is 4. The van der Waals surface area contributed by atoms with E-state index in [0.29, 0.717) is 13.1 Å². The third kappa shape index (κ3) is 2.90.